The smallest absolute Gasteiger partial charge is 0.294 e. The predicted molar refractivity (Wildman–Crippen MR) is 112 cm³/mol. The van der Waals surface area contributed by atoms with E-state index in [1.54, 1.807) is 31.4 Å². The Hall–Kier alpha value is -3.80. The first-order chi connectivity index (χ1) is 14.1. The van der Waals surface area contributed by atoms with Crippen molar-refractivity contribution in [2.75, 3.05) is 12.0 Å². The van der Waals surface area contributed by atoms with E-state index >= 15 is 0 Å². The minimum absolute atomic E-state index is 0.0686. The average Bonchev–Trinajstić information content (AvgIpc) is 3.27. The zero-order chi connectivity index (χ0) is 20.4. The second-order valence-corrected chi connectivity index (χ2v) is 6.75. The number of benzene rings is 2. The van der Waals surface area contributed by atoms with Crippen LogP contribution in [0.3, 0.4) is 0 Å². The molecule has 146 valence electrons. The fourth-order valence-corrected chi connectivity index (χ4v) is 3.31. The number of pyridine rings is 1. The highest BCUT2D eigenvalue weighted by Gasteiger charge is 2.24. The van der Waals surface area contributed by atoms with Crippen molar-refractivity contribution in [3.63, 3.8) is 0 Å². The standard InChI is InChI=1S/C23H20N2O4/c1-15-9-10-18-16(12-15)13-17(22(26)24-18)14-25(23(27)21-8-5-11-29-21)19-6-3-4-7-20(19)28-2/h3-13H,14H2,1-2H3,(H,24,26). The van der Waals surface area contributed by atoms with Gasteiger partial charge < -0.3 is 14.1 Å². The van der Waals surface area contributed by atoms with Gasteiger partial charge in [-0.15, -0.1) is 0 Å². The number of anilines is 1. The van der Waals surface area contributed by atoms with E-state index in [1.807, 2.05) is 43.3 Å². The number of carbonyl (C=O) groups excluding carboxylic acids is 1. The van der Waals surface area contributed by atoms with E-state index in [1.165, 1.54) is 11.2 Å². The maximum absolute atomic E-state index is 13.2. The number of nitrogens with zero attached hydrogens (tertiary/aromatic N) is 1. The lowest BCUT2D eigenvalue weighted by Gasteiger charge is -2.23. The van der Waals surface area contributed by atoms with Crippen LogP contribution in [-0.4, -0.2) is 18.0 Å². The number of para-hydroxylation sites is 2. The minimum Gasteiger partial charge on any atom is -0.495 e. The van der Waals surface area contributed by atoms with Gasteiger partial charge in [-0.1, -0.05) is 23.8 Å². The SMILES string of the molecule is COc1ccccc1N(Cc1cc2cc(C)ccc2[nH]c1=O)C(=O)c1ccco1. The molecule has 0 atom stereocenters. The Labute approximate surface area is 167 Å². The van der Waals surface area contributed by atoms with Gasteiger partial charge in [0, 0.05) is 11.1 Å². The van der Waals surface area contributed by atoms with Crippen LogP contribution in [0.25, 0.3) is 10.9 Å². The normalized spacial score (nSPS) is 10.8. The van der Waals surface area contributed by atoms with E-state index in [9.17, 15) is 9.59 Å². The summed E-state index contributed by atoms with van der Waals surface area (Å²) in [5, 5.41) is 0.907. The molecular weight excluding hydrogens is 368 g/mol. The van der Waals surface area contributed by atoms with Crippen molar-refractivity contribution in [2.24, 2.45) is 0 Å². The van der Waals surface area contributed by atoms with Gasteiger partial charge in [0.1, 0.15) is 5.75 Å². The molecule has 1 amide bonds. The van der Waals surface area contributed by atoms with Gasteiger partial charge >= 0.3 is 0 Å². The van der Waals surface area contributed by atoms with Gasteiger partial charge in [-0.05, 0) is 54.8 Å². The Bertz CT molecular complexity index is 1230. The summed E-state index contributed by atoms with van der Waals surface area (Å²) in [4.78, 5) is 30.3. The quantitative estimate of drug-likeness (QED) is 0.554. The number of furan rings is 1. The summed E-state index contributed by atoms with van der Waals surface area (Å²) in [5.74, 6) is 0.354. The molecule has 0 saturated carbocycles. The van der Waals surface area contributed by atoms with E-state index in [2.05, 4.69) is 4.98 Å². The summed E-state index contributed by atoms with van der Waals surface area (Å²) in [6, 6.07) is 18.1. The molecule has 6 nitrogen and oxygen atoms in total. The molecule has 0 bridgehead atoms. The van der Waals surface area contributed by atoms with Crippen LogP contribution in [0.5, 0.6) is 5.75 Å². The summed E-state index contributed by atoms with van der Waals surface area (Å²) in [6.07, 6.45) is 1.44. The van der Waals surface area contributed by atoms with Gasteiger partial charge in [0.2, 0.25) is 0 Å². The summed E-state index contributed by atoms with van der Waals surface area (Å²) in [5.41, 5.74) is 2.62. The van der Waals surface area contributed by atoms with Crippen molar-refractivity contribution in [3.05, 3.63) is 94.2 Å². The van der Waals surface area contributed by atoms with Gasteiger partial charge in [0.05, 0.1) is 25.6 Å². The van der Waals surface area contributed by atoms with Crippen LogP contribution in [0.1, 0.15) is 21.7 Å². The number of H-pyrrole nitrogens is 1. The number of aromatic nitrogens is 1. The maximum atomic E-state index is 13.2. The molecule has 2 heterocycles. The number of carbonyl (C=O) groups is 1. The second-order valence-electron chi connectivity index (χ2n) is 6.75. The van der Waals surface area contributed by atoms with E-state index in [0.717, 1.165) is 16.5 Å². The van der Waals surface area contributed by atoms with Gasteiger partial charge in [-0.3, -0.25) is 14.5 Å². The van der Waals surface area contributed by atoms with E-state index in [-0.39, 0.29) is 23.8 Å². The topological polar surface area (TPSA) is 75.5 Å². The Morgan fingerprint density at radius 3 is 2.69 bits per heavy atom. The van der Waals surface area contributed by atoms with Crippen molar-refractivity contribution in [1.29, 1.82) is 0 Å². The first kappa shape index (κ1) is 18.6. The number of hydrogen-bond acceptors (Lipinski definition) is 4. The lowest BCUT2D eigenvalue weighted by Crippen LogP contribution is -2.33. The molecular formula is C23H20N2O4. The molecule has 2 aromatic heterocycles. The summed E-state index contributed by atoms with van der Waals surface area (Å²) >= 11 is 0. The molecule has 1 N–H and O–H groups in total. The number of rotatable bonds is 5. The third-order valence-electron chi connectivity index (χ3n) is 4.76. The molecule has 0 aliphatic heterocycles. The number of methoxy groups -OCH3 is 1. The molecule has 29 heavy (non-hydrogen) atoms. The highest BCUT2D eigenvalue weighted by Crippen LogP contribution is 2.30. The average molecular weight is 388 g/mol. The number of nitrogens with one attached hydrogen (secondary N) is 1. The van der Waals surface area contributed by atoms with Gasteiger partial charge in [0.15, 0.2) is 5.76 Å². The molecule has 0 aliphatic rings. The number of fused-ring (bicyclic) bond motifs is 1. The van der Waals surface area contributed by atoms with Crippen molar-refractivity contribution in [1.82, 2.24) is 4.98 Å². The van der Waals surface area contributed by atoms with Gasteiger partial charge in [-0.25, -0.2) is 0 Å². The molecule has 4 aromatic rings. The Morgan fingerprint density at radius 2 is 1.93 bits per heavy atom. The van der Waals surface area contributed by atoms with Crippen molar-refractivity contribution >= 4 is 22.5 Å². The Morgan fingerprint density at radius 1 is 1.10 bits per heavy atom. The van der Waals surface area contributed by atoms with E-state index in [0.29, 0.717) is 17.0 Å². The number of amides is 1. The largest absolute Gasteiger partial charge is 0.495 e. The summed E-state index contributed by atoms with van der Waals surface area (Å²) in [6.45, 7) is 2.06. The fourth-order valence-electron chi connectivity index (χ4n) is 3.31. The zero-order valence-electron chi connectivity index (χ0n) is 16.1. The molecule has 0 fully saturated rings. The molecule has 2 aromatic carbocycles. The Kier molecular flexibility index (Phi) is 4.91. The summed E-state index contributed by atoms with van der Waals surface area (Å²) in [7, 11) is 1.54. The second kappa shape index (κ2) is 7.67. The van der Waals surface area contributed by atoms with Crippen LogP contribution in [0, 0.1) is 6.92 Å². The Balaban J connectivity index is 1.82. The molecule has 0 spiro atoms. The third-order valence-corrected chi connectivity index (χ3v) is 4.76. The monoisotopic (exact) mass is 388 g/mol. The third kappa shape index (κ3) is 3.65. The van der Waals surface area contributed by atoms with Crippen LogP contribution >= 0.6 is 0 Å². The van der Waals surface area contributed by atoms with E-state index < -0.39 is 0 Å². The first-order valence-electron chi connectivity index (χ1n) is 9.18. The number of ether oxygens (including phenoxy) is 1. The lowest BCUT2D eigenvalue weighted by atomic mass is 10.1. The van der Waals surface area contributed by atoms with Crippen molar-refractivity contribution < 1.29 is 13.9 Å². The maximum Gasteiger partial charge on any atom is 0.294 e. The van der Waals surface area contributed by atoms with E-state index in [4.69, 9.17) is 9.15 Å². The highest BCUT2D eigenvalue weighted by molar-refractivity contribution is 6.05. The molecule has 0 radical (unpaired) electrons. The predicted octanol–water partition coefficient (Wildman–Crippen LogP) is 4.29. The number of aromatic amines is 1. The number of hydrogen-bond donors (Lipinski definition) is 1. The van der Waals surface area contributed by atoms with Crippen LogP contribution in [-0.2, 0) is 6.54 Å². The molecule has 6 heteroatoms. The van der Waals surface area contributed by atoms with Crippen LogP contribution in [0.2, 0.25) is 0 Å². The molecule has 4 rings (SSSR count). The minimum atomic E-state index is -0.358. The summed E-state index contributed by atoms with van der Waals surface area (Å²) < 4.78 is 10.7. The zero-order valence-corrected chi connectivity index (χ0v) is 16.1. The van der Waals surface area contributed by atoms with Gasteiger partial charge in [-0.2, -0.15) is 0 Å². The van der Waals surface area contributed by atoms with Crippen LogP contribution in [0.4, 0.5) is 5.69 Å². The molecule has 0 aliphatic carbocycles. The lowest BCUT2D eigenvalue weighted by molar-refractivity contribution is 0.0957. The molecule has 0 saturated heterocycles. The fraction of sp³-hybridized carbons (Fsp3) is 0.130. The van der Waals surface area contributed by atoms with Gasteiger partial charge in [0.25, 0.3) is 11.5 Å². The van der Waals surface area contributed by atoms with Crippen molar-refractivity contribution in [2.45, 2.75) is 13.5 Å². The highest BCUT2D eigenvalue weighted by atomic mass is 16.5. The van der Waals surface area contributed by atoms with Crippen molar-refractivity contribution in [3.8, 4) is 5.75 Å². The molecule has 0 unspecified atom stereocenters. The number of aryl methyl sites for hydroxylation is 1. The van der Waals surface area contributed by atoms with Crippen LogP contribution in [0.15, 0.2) is 76.1 Å². The van der Waals surface area contributed by atoms with Crippen LogP contribution < -0.4 is 15.2 Å². The first-order valence-corrected chi connectivity index (χ1v) is 9.18.